The number of benzene rings is 2. The first-order valence-electron chi connectivity index (χ1n) is 8.90. The van der Waals surface area contributed by atoms with Gasteiger partial charge >= 0.3 is 6.16 Å². The van der Waals surface area contributed by atoms with Crippen LogP contribution in [-0.4, -0.2) is 50.2 Å². The highest BCUT2D eigenvalue weighted by Crippen LogP contribution is 2.38. The molecule has 0 atom stereocenters. The van der Waals surface area contributed by atoms with Crippen LogP contribution >= 0.6 is 27.5 Å². The van der Waals surface area contributed by atoms with E-state index >= 15 is 0 Å². The Morgan fingerprint density at radius 1 is 1.13 bits per heavy atom. The van der Waals surface area contributed by atoms with E-state index in [4.69, 9.17) is 21.1 Å². The van der Waals surface area contributed by atoms with Gasteiger partial charge in [0.1, 0.15) is 10.5 Å². The molecule has 0 amide bonds. The molecule has 11 heteroatoms. The summed E-state index contributed by atoms with van der Waals surface area (Å²) in [5.74, 6) is -0.119. The third kappa shape index (κ3) is 3.87. The summed E-state index contributed by atoms with van der Waals surface area (Å²) in [5, 5.41) is 9.61. The van der Waals surface area contributed by atoms with Crippen LogP contribution in [0.15, 0.2) is 56.2 Å². The first kappa shape index (κ1) is 21.0. The molecule has 4 rings (SSSR count). The summed E-state index contributed by atoms with van der Waals surface area (Å²) >= 11 is 9.63. The van der Waals surface area contributed by atoms with Crippen LogP contribution in [0.25, 0.3) is 11.0 Å². The highest BCUT2D eigenvalue weighted by atomic mass is 79.9. The summed E-state index contributed by atoms with van der Waals surface area (Å²) in [6.45, 7) is 1.56. The fraction of sp³-hybridized carbons (Fsp3) is 0.211. The normalized spacial score (nSPS) is 15.5. The smallest absolute Gasteiger partial charge is 0.449 e. The van der Waals surface area contributed by atoms with Gasteiger partial charge < -0.3 is 19.2 Å². The van der Waals surface area contributed by atoms with E-state index in [9.17, 15) is 13.2 Å². The van der Waals surface area contributed by atoms with Crippen LogP contribution in [0.1, 0.15) is 0 Å². The third-order valence-electron chi connectivity index (χ3n) is 4.81. The number of piperazine rings is 1. The van der Waals surface area contributed by atoms with Crippen LogP contribution in [0.5, 0.6) is 5.95 Å². The van der Waals surface area contributed by atoms with E-state index in [1.165, 1.54) is 16.4 Å². The van der Waals surface area contributed by atoms with Crippen molar-refractivity contribution in [2.75, 3.05) is 31.1 Å². The van der Waals surface area contributed by atoms with Crippen LogP contribution in [0, 0.1) is 0 Å². The van der Waals surface area contributed by atoms with E-state index in [0.29, 0.717) is 41.6 Å². The number of hydrogen-bond acceptors (Lipinski definition) is 6. The molecule has 30 heavy (non-hydrogen) atoms. The summed E-state index contributed by atoms with van der Waals surface area (Å²) < 4.78 is 37.9. The van der Waals surface area contributed by atoms with Crippen molar-refractivity contribution in [2.45, 2.75) is 4.90 Å². The average Bonchev–Trinajstić information content (AvgIpc) is 3.11. The van der Waals surface area contributed by atoms with Crippen LogP contribution in [0.2, 0.25) is 5.02 Å². The van der Waals surface area contributed by atoms with Crippen LogP contribution < -0.4 is 9.64 Å². The van der Waals surface area contributed by atoms with Gasteiger partial charge in [-0.15, -0.1) is 0 Å². The molecule has 1 aliphatic rings. The second-order valence-electron chi connectivity index (χ2n) is 6.57. The highest BCUT2D eigenvalue weighted by molar-refractivity contribution is 9.10. The van der Waals surface area contributed by atoms with Crippen molar-refractivity contribution < 1.29 is 27.5 Å². The molecule has 0 saturated carbocycles. The Kier molecular flexibility index (Phi) is 5.67. The Morgan fingerprint density at radius 3 is 2.50 bits per heavy atom. The number of hydrogen-bond donors (Lipinski definition) is 1. The lowest BCUT2D eigenvalue weighted by Gasteiger charge is -2.36. The summed E-state index contributed by atoms with van der Waals surface area (Å²) in [6.07, 6.45) is -1.46. The Labute approximate surface area is 185 Å². The fourth-order valence-electron chi connectivity index (χ4n) is 3.39. The van der Waals surface area contributed by atoms with E-state index in [1.54, 1.807) is 24.3 Å². The molecule has 1 fully saturated rings. The standard InChI is InChI=1S/C19H16BrClN2O6S/c20-18-12-11-17(29-19(24)25)28-15(12)6-5-14(18)22-7-9-23(10-8-22)30(26,27)16-4-2-1-3-13(16)21/h1-6,11H,7-10H2,(H,24,25). The van der Waals surface area contributed by atoms with E-state index in [-0.39, 0.29) is 15.9 Å². The number of sulfonamides is 1. The zero-order chi connectivity index (χ0) is 21.5. The maximum Gasteiger partial charge on any atom is 0.513 e. The van der Waals surface area contributed by atoms with Gasteiger partial charge in [-0.2, -0.15) is 4.31 Å². The van der Waals surface area contributed by atoms with E-state index in [0.717, 1.165) is 5.69 Å². The van der Waals surface area contributed by atoms with Crippen LogP contribution in [0.4, 0.5) is 10.5 Å². The first-order chi connectivity index (χ1) is 14.3. The lowest BCUT2D eigenvalue weighted by atomic mass is 10.2. The van der Waals surface area contributed by atoms with E-state index in [1.807, 2.05) is 11.0 Å². The van der Waals surface area contributed by atoms with Gasteiger partial charge in [-0.05, 0) is 40.2 Å². The monoisotopic (exact) mass is 514 g/mol. The zero-order valence-corrected chi connectivity index (χ0v) is 18.6. The van der Waals surface area contributed by atoms with Crippen molar-refractivity contribution in [1.82, 2.24) is 4.31 Å². The number of rotatable bonds is 4. The van der Waals surface area contributed by atoms with Gasteiger partial charge in [0.25, 0.3) is 5.95 Å². The summed E-state index contributed by atoms with van der Waals surface area (Å²) in [4.78, 5) is 12.9. The van der Waals surface area contributed by atoms with Gasteiger partial charge in [0.05, 0.1) is 15.2 Å². The molecule has 1 aliphatic heterocycles. The van der Waals surface area contributed by atoms with Gasteiger partial charge in [-0.3, -0.25) is 0 Å². The molecule has 0 radical (unpaired) electrons. The average molecular weight is 516 g/mol. The molecular weight excluding hydrogens is 500 g/mol. The van der Waals surface area contributed by atoms with Crippen molar-refractivity contribution in [3.8, 4) is 5.95 Å². The molecule has 1 N–H and O–H groups in total. The van der Waals surface area contributed by atoms with Gasteiger partial charge in [0.2, 0.25) is 10.0 Å². The zero-order valence-electron chi connectivity index (χ0n) is 15.4. The van der Waals surface area contributed by atoms with Gasteiger partial charge in [0, 0.05) is 37.6 Å². The molecular formula is C19H16BrClN2O6S. The number of anilines is 1. The maximum absolute atomic E-state index is 12.9. The predicted octanol–water partition coefficient (Wildman–Crippen LogP) is 4.42. The highest BCUT2D eigenvalue weighted by Gasteiger charge is 2.30. The molecule has 1 saturated heterocycles. The van der Waals surface area contributed by atoms with Gasteiger partial charge in [0.15, 0.2) is 0 Å². The van der Waals surface area contributed by atoms with Crippen molar-refractivity contribution in [3.05, 3.63) is 52.0 Å². The fourth-order valence-corrected chi connectivity index (χ4v) is 5.99. The molecule has 2 heterocycles. The Hall–Kier alpha value is -2.27. The largest absolute Gasteiger partial charge is 0.513 e. The van der Waals surface area contributed by atoms with Crippen molar-refractivity contribution in [2.24, 2.45) is 0 Å². The second-order valence-corrected chi connectivity index (χ2v) is 9.67. The summed E-state index contributed by atoms with van der Waals surface area (Å²) in [6, 6.07) is 11.4. The summed E-state index contributed by atoms with van der Waals surface area (Å²) in [7, 11) is -3.68. The molecule has 0 spiro atoms. The number of halogens is 2. The molecule has 1 aromatic heterocycles. The molecule has 3 aromatic rings. The first-order valence-corrected chi connectivity index (χ1v) is 11.5. The van der Waals surface area contributed by atoms with Gasteiger partial charge in [-0.25, -0.2) is 13.2 Å². The number of ether oxygens (including phenoxy) is 1. The molecule has 0 unspecified atom stereocenters. The van der Waals surface area contributed by atoms with Crippen molar-refractivity contribution in [3.63, 3.8) is 0 Å². The second kappa shape index (κ2) is 8.10. The van der Waals surface area contributed by atoms with E-state index in [2.05, 4.69) is 20.7 Å². The maximum atomic E-state index is 12.9. The number of nitrogens with zero attached hydrogens (tertiary/aromatic N) is 2. The number of fused-ring (bicyclic) bond motifs is 1. The Bertz CT molecular complexity index is 1220. The lowest BCUT2D eigenvalue weighted by Crippen LogP contribution is -2.48. The molecule has 8 nitrogen and oxygen atoms in total. The van der Waals surface area contributed by atoms with Crippen LogP contribution in [0.3, 0.4) is 0 Å². The Morgan fingerprint density at radius 2 is 1.83 bits per heavy atom. The van der Waals surface area contributed by atoms with Crippen LogP contribution in [-0.2, 0) is 10.0 Å². The number of furan rings is 1. The summed E-state index contributed by atoms with van der Waals surface area (Å²) in [5.41, 5.74) is 1.32. The predicted molar refractivity (Wildman–Crippen MR) is 115 cm³/mol. The lowest BCUT2D eigenvalue weighted by molar-refractivity contribution is 0.134. The quantitative estimate of drug-likeness (QED) is 0.514. The number of carboxylic acid groups (broad SMARTS) is 1. The minimum absolute atomic E-state index is 0.104. The van der Waals surface area contributed by atoms with Crippen molar-refractivity contribution in [1.29, 1.82) is 0 Å². The molecule has 0 aliphatic carbocycles. The topological polar surface area (TPSA) is 100 Å². The minimum Gasteiger partial charge on any atom is -0.449 e. The molecule has 2 aromatic carbocycles. The number of carbonyl (C=O) groups is 1. The minimum atomic E-state index is -3.68. The Balaban J connectivity index is 1.54. The third-order valence-corrected chi connectivity index (χ3v) is 8.05. The van der Waals surface area contributed by atoms with E-state index < -0.39 is 16.2 Å². The van der Waals surface area contributed by atoms with Gasteiger partial charge in [-0.1, -0.05) is 23.7 Å². The van der Waals surface area contributed by atoms with Crippen molar-refractivity contribution >= 4 is 60.4 Å². The molecule has 0 bridgehead atoms. The molecule has 158 valence electrons. The SMILES string of the molecule is O=C(O)Oc1cc2c(Br)c(N3CCN(S(=O)(=O)c4ccccc4Cl)CC3)ccc2o1.